The second-order valence-electron chi connectivity index (χ2n) is 0. The molecule has 0 fully saturated rings. The number of hydrogen-bond acceptors (Lipinski definition) is 0. The van der Waals surface area contributed by atoms with Crippen molar-refractivity contribution < 1.29 is 38.3 Å². The third-order valence-electron chi connectivity index (χ3n) is 0. The summed E-state index contributed by atoms with van der Waals surface area (Å²) < 4.78 is 0. The summed E-state index contributed by atoms with van der Waals surface area (Å²) in [7, 11) is 0. The van der Waals surface area contributed by atoms with Gasteiger partial charge in [0.15, 0.2) is 0 Å². The van der Waals surface area contributed by atoms with E-state index in [1.807, 2.05) is 0 Å². The van der Waals surface area contributed by atoms with Gasteiger partial charge in [-0.15, -0.1) is 0 Å². The molecule has 0 spiro atoms. The quantitative estimate of drug-likeness (QED) is 0.337. The van der Waals surface area contributed by atoms with E-state index in [0.717, 1.165) is 0 Å². The van der Waals surface area contributed by atoms with E-state index in [1.165, 1.54) is 0 Å². The van der Waals surface area contributed by atoms with Gasteiger partial charge in [-0.05, 0) is 0 Å². The van der Waals surface area contributed by atoms with Crippen LogP contribution < -0.4 is 0 Å². The van der Waals surface area contributed by atoms with Crippen LogP contribution in [0.1, 0.15) is 0 Å². The monoisotopic (exact) mass is 206 g/mol. The molecule has 0 aromatic carbocycles. The van der Waals surface area contributed by atoms with Crippen LogP contribution in [0.4, 0.5) is 0 Å². The summed E-state index contributed by atoms with van der Waals surface area (Å²) in [5, 5.41) is 0. The van der Waals surface area contributed by atoms with Crippen molar-refractivity contribution >= 4 is 103 Å². The van der Waals surface area contributed by atoms with Crippen LogP contribution >= 0.6 is 0 Å². The SMILES string of the molecule is O.O.O.O.O.O.O.[KH].[KH]. The van der Waals surface area contributed by atoms with E-state index in [1.54, 1.807) is 0 Å². The Hall–Kier alpha value is 2.99. The van der Waals surface area contributed by atoms with Crippen LogP contribution in [-0.2, 0) is 0 Å². The molecule has 0 unspecified atom stereocenters. The van der Waals surface area contributed by atoms with Gasteiger partial charge in [0.05, 0.1) is 0 Å². The Labute approximate surface area is 138 Å². The molecule has 0 aliphatic carbocycles. The molecule has 0 aliphatic heterocycles. The van der Waals surface area contributed by atoms with Gasteiger partial charge in [0.25, 0.3) is 0 Å². The molecule has 0 saturated heterocycles. The summed E-state index contributed by atoms with van der Waals surface area (Å²) in [6.07, 6.45) is 0. The van der Waals surface area contributed by atoms with Gasteiger partial charge < -0.3 is 38.3 Å². The van der Waals surface area contributed by atoms with E-state index in [-0.39, 0.29) is 141 Å². The summed E-state index contributed by atoms with van der Waals surface area (Å²) in [5.41, 5.74) is 0. The molecule has 9 heavy (non-hydrogen) atoms. The minimum absolute atomic E-state index is 0. The zero-order valence-electron chi connectivity index (χ0n) is 3.50. The van der Waals surface area contributed by atoms with Crippen molar-refractivity contribution in [2.45, 2.75) is 0 Å². The summed E-state index contributed by atoms with van der Waals surface area (Å²) in [6, 6.07) is 0. The second-order valence-corrected chi connectivity index (χ2v) is 0. The van der Waals surface area contributed by atoms with Crippen LogP contribution in [0.3, 0.4) is 0 Å². The first-order valence-corrected chi connectivity index (χ1v) is 0. The Balaban J connectivity index is 0. The number of hydrogen-bond donors (Lipinski definition) is 0. The maximum atomic E-state index is 0. The van der Waals surface area contributed by atoms with Crippen molar-refractivity contribution in [3.63, 3.8) is 0 Å². The van der Waals surface area contributed by atoms with Gasteiger partial charge >= 0.3 is 103 Å². The summed E-state index contributed by atoms with van der Waals surface area (Å²) in [6.45, 7) is 0. The molecule has 0 aliphatic rings. The maximum absolute atomic E-state index is 0. The normalized spacial score (nSPS) is 0. The molecule has 0 bridgehead atoms. The molecule has 0 radical (unpaired) electrons. The molecule has 9 heteroatoms. The van der Waals surface area contributed by atoms with Gasteiger partial charge in [-0.2, -0.15) is 0 Å². The van der Waals surface area contributed by atoms with E-state index in [9.17, 15) is 0 Å². The van der Waals surface area contributed by atoms with E-state index >= 15 is 0 Å². The predicted molar refractivity (Wildman–Crippen MR) is 39.6 cm³/mol. The number of rotatable bonds is 0. The van der Waals surface area contributed by atoms with Crippen LogP contribution in [0, 0.1) is 0 Å². The van der Waals surface area contributed by atoms with Crippen molar-refractivity contribution in [2.24, 2.45) is 0 Å². The summed E-state index contributed by atoms with van der Waals surface area (Å²) >= 11 is 0. The topological polar surface area (TPSA) is 220 Å². The molecule has 0 heterocycles. The van der Waals surface area contributed by atoms with Gasteiger partial charge in [-0.3, -0.25) is 0 Å². The fourth-order valence-corrected chi connectivity index (χ4v) is 0. The average molecular weight is 206 g/mol. The summed E-state index contributed by atoms with van der Waals surface area (Å²) in [4.78, 5) is 0. The molecule has 0 aromatic heterocycles. The van der Waals surface area contributed by atoms with Crippen LogP contribution in [-0.4, -0.2) is 141 Å². The third kappa shape index (κ3) is 99.3. The van der Waals surface area contributed by atoms with Crippen molar-refractivity contribution in [2.75, 3.05) is 0 Å². The molecule has 0 aromatic rings. The van der Waals surface area contributed by atoms with Crippen molar-refractivity contribution in [1.29, 1.82) is 0 Å². The minimum atomic E-state index is 0. The van der Waals surface area contributed by atoms with Gasteiger partial charge in [0.1, 0.15) is 0 Å². The first kappa shape index (κ1) is 162. The van der Waals surface area contributed by atoms with Crippen molar-refractivity contribution in [3.05, 3.63) is 0 Å². The fourth-order valence-electron chi connectivity index (χ4n) is 0. The first-order valence-electron chi connectivity index (χ1n) is 0. The molecule has 0 saturated carbocycles. The molecule has 14 N–H and O–H groups in total. The van der Waals surface area contributed by atoms with Crippen molar-refractivity contribution in [1.82, 2.24) is 0 Å². The van der Waals surface area contributed by atoms with Gasteiger partial charge in [-0.1, -0.05) is 0 Å². The van der Waals surface area contributed by atoms with Gasteiger partial charge in [-0.25, -0.2) is 0 Å². The van der Waals surface area contributed by atoms with Crippen LogP contribution in [0.5, 0.6) is 0 Å². The van der Waals surface area contributed by atoms with E-state index in [4.69, 9.17) is 0 Å². The Morgan fingerprint density at radius 1 is 0.222 bits per heavy atom. The summed E-state index contributed by atoms with van der Waals surface area (Å²) in [5.74, 6) is 0. The first-order chi connectivity index (χ1) is 0. The van der Waals surface area contributed by atoms with E-state index in [2.05, 4.69) is 0 Å². The Kier molecular flexibility index (Phi) is 2200. The third-order valence-corrected chi connectivity index (χ3v) is 0. The van der Waals surface area contributed by atoms with Gasteiger partial charge in [0.2, 0.25) is 0 Å². The Morgan fingerprint density at radius 2 is 0.222 bits per heavy atom. The molecule has 60 valence electrons. The molecular weight excluding hydrogens is 190 g/mol. The van der Waals surface area contributed by atoms with Crippen LogP contribution in [0.2, 0.25) is 0 Å². The molecule has 0 rings (SSSR count). The van der Waals surface area contributed by atoms with E-state index < -0.39 is 0 Å². The molecule has 0 amide bonds. The molecule has 0 atom stereocenters. The Bertz CT molecular complexity index is 6.88. The average Bonchev–Trinajstić information content (AvgIpc) is 0. The van der Waals surface area contributed by atoms with Crippen molar-refractivity contribution in [3.8, 4) is 0 Å². The Morgan fingerprint density at radius 3 is 0.222 bits per heavy atom. The molecule has 7 nitrogen and oxygen atoms in total. The molecular formula is H16K2O7. The second kappa shape index (κ2) is 123. The zero-order chi connectivity index (χ0) is 0. The van der Waals surface area contributed by atoms with Crippen LogP contribution in [0.25, 0.3) is 0 Å². The predicted octanol–water partition coefficient (Wildman–Crippen LogP) is -7.07. The van der Waals surface area contributed by atoms with E-state index in [0.29, 0.717) is 0 Å². The fraction of sp³-hybridized carbons (Fsp3) is 0. The van der Waals surface area contributed by atoms with Crippen LogP contribution in [0.15, 0.2) is 0 Å². The standard InChI is InChI=1S/2K.7H2O.2H/h;;7*1H2;;. The zero-order valence-corrected chi connectivity index (χ0v) is 3.50. The van der Waals surface area contributed by atoms with Gasteiger partial charge in [0, 0.05) is 0 Å².